The van der Waals surface area contributed by atoms with E-state index in [0.29, 0.717) is 29.4 Å². The van der Waals surface area contributed by atoms with Crippen LogP contribution >= 0.6 is 0 Å². The summed E-state index contributed by atoms with van der Waals surface area (Å²) in [5.41, 5.74) is 1.73. The van der Waals surface area contributed by atoms with Gasteiger partial charge >= 0.3 is 6.03 Å². The number of para-hydroxylation sites is 2. The van der Waals surface area contributed by atoms with Gasteiger partial charge in [0.05, 0.1) is 11.8 Å². The van der Waals surface area contributed by atoms with Crippen LogP contribution in [0.3, 0.4) is 0 Å². The van der Waals surface area contributed by atoms with Crippen molar-refractivity contribution in [1.29, 1.82) is 0 Å². The number of hydrogen-bond donors (Lipinski definition) is 3. The van der Waals surface area contributed by atoms with Crippen LogP contribution in [-0.4, -0.2) is 50.3 Å². The van der Waals surface area contributed by atoms with Crippen molar-refractivity contribution >= 4 is 34.9 Å². The van der Waals surface area contributed by atoms with E-state index < -0.39 is 0 Å². The summed E-state index contributed by atoms with van der Waals surface area (Å²) in [7, 11) is 0. The average Bonchev–Trinajstić information content (AvgIpc) is 3.29. The molecule has 162 valence electrons. The fourth-order valence-corrected chi connectivity index (χ4v) is 3.50. The summed E-state index contributed by atoms with van der Waals surface area (Å²) in [5.74, 6) is -0.0365. The van der Waals surface area contributed by atoms with Crippen molar-refractivity contribution in [3.63, 3.8) is 0 Å². The summed E-state index contributed by atoms with van der Waals surface area (Å²) in [4.78, 5) is 38.1. The number of ether oxygens (including phenoxy) is 2. The summed E-state index contributed by atoms with van der Waals surface area (Å²) in [6.07, 6.45) is 2.05. The predicted octanol–water partition coefficient (Wildman–Crippen LogP) is 2.35. The van der Waals surface area contributed by atoms with Gasteiger partial charge in [0.15, 0.2) is 6.61 Å². The molecular formula is C22H24N4O5. The molecule has 0 aromatic heterocycles. The van der Waals surface area contributed by atoms with Crippen LogP contribution in [0.5, 0.6) is 5.75 Å². The minimum Gasteiger partial charge on any atom is -0.482 e. The van der Waals surface area contributed by atoms with Gasteiger partial charge in [0.2, 0.25) is 5.91 Å². The zero-order valence-corrected chi connectivity index (χ0v) is 16.9. The Morgan fingerprint density at radius 3 is 2.52 bits per heavy atom. The SMILES string of the molecule is O=C(CN1C(=O)COc2ccccc21)Nc1ccc(NC(=O)NCC2CCCO2)cc1. The van der Waals surface area contributed by atoms with E-state index in [9.17, 15) is 14.4 Å². The first kappa shape index (κ1) is 20.7. The van der Waals surface area contributed by atoms with Gasteiger partial charge in [0.25, 0.3) is 5.91 Å². The van der Waals surface area contributed by atoms with Crippen LogP contribution in [0, 0.1) is 0 Å². The second kappa shape index (κ2) is 9.48. The minimum atomic E-state index is -0.333. The number of nitrogens with zero attached hydrogens (tertiary/aromatic N) is 1. The van der Waals surface area contributed by atoms with Crippen molar-refractivity contribution < 1.29 is 23.9 Å². The number of urea groups is 1. The molecule has 1 fully saturated rings. The van der Waals surface area contributed by atoms with Gasteiger partial charge in [-0.2, -0.15) is 0 Å². The predicted molar refractivity (Wildman–Crippen MR) is 115 cm³/mol. The number of rotatable bonds is 6. The molecule has 0 saturated carbocycles. The Bertz CT molecular complexity index is 957. The molecule has 4 amide bonds. The van der Waals surface area contributed by atoms with E-state index in [-0.39, 0.29) is 37.1 Å². The lowest BCUT2D eigenvalue weighted by Gasteiger charge is -2.28. The molecule has 4 rings (SSSR count). The maximum atomic E-state index is 12.5. The first-order valence-corrected chi connectivity index (χ1v) is 10.2. The lowest BCUT2D eigenvalue weighted by Crippen LogP contribution is -2.43. The van der Waals surface area contributed by atoms with Crippen molar-refractivity contribution in [2.75, 3.05) is 41.8 Å². The fourth-order valence-electron chi connectivity index (χ4n) is 3.50. The number of benzene rings is 2. The Morgan fingerprint density at radius 1 is 1.03 bits per heavy atom. The molecule has 2 heterocycles. The van der Waals surface area contributed by atoms with Gasteiger partial charge in [0.1, 0.15) is 12.3 Å². The maximum absolute atomic E-state index is 12.5. The van der Waals surface area contributed by atoms with Crippen LogP contribution in [0.25, 0.3) is 0 Å². The largest absolute Gasteiger partial charge is 0.482 e. The average molecular weight is 424 g/mol. The van der Waals surface area contributed by atoms with Crippen molar-refractivity contribution in [3.05, 3.63) is 48.5 Å². The highest BCUT2D eigenvalue weighted by atomic mass is 16.5. The first-order chi connectivity index (χ1) is 15.1. The number of carbonyl (C=O) groups is 3. The van der Waals surface area contributed by atoms with Crippen LogP contribution in [0.4, 0.5) is 21.9 Å². The van der Waals surface area contributed by atoms with Gasteiger partial charge in [0, 0.05) is 24.5 Å². The van der Waals surface area contributed by atoms with Gasteiger partial charge in [-0.3, -0.25) is 14.5 Å². The van der Waals surface area contributed by atoms with Crippen molar-refractivity contribution in [2.24, 2.45) is 0 Å². The normalized spacial score (nSPS) is 17.5. The van der Waals surface area contributed by atoms with Crippen molar-refractivity contribution in [3.8, 4) is 5.75 Å². The van der Waals surface area contributed by atoms with E-state index in [0.717, 1.165) is 19.4 Å². The molecule has 2 aliphatic heterocycles. The molecule has 2 aromatic rings. The van der Waals surface area contributed by atoms with E-state index in [1.165, 1.54) is 4.90 Å². The lowest BCUT2D eigenvalue weighted by molar-refractivity contribution is -0.123. The van der Waals surface area contributed by atoms with Crippen LogP contribution < -0.4 is 25.6 Å². The van der Waals surface area contributed by atoms with E-state index in [1.807, 2.05) is 6.07 Å². The first-order valence-electron chi connectivity index (χ1n) is 10.2. The smallest absolute Gasteiger partial charge is 0.319 e. The summed E-state index contributed by atoms with van der Waals surface area (Å²) in [6.45, 7) is 1.00. The second-order valence-corrected chi connectivity index (χ2v) is 7.33. The zero-order valence-electron chi connectivity index (χ0n) is 16.9. The molecule has 1 unspecified atom stereocenters. The van der Waals surface area contributed by atoms with Crippen LogP contribution in [0.2, 0.25) is 0 Å². The highest BCUT2D eigenvalue weighted by molar-refractivity contribution is 6.05. The van der Waals surface area contributed by atoms with E-state index in [4.69, 9.17) is 9.47 Å². The number of hydrogen-bond acceptors (Lipinski definition) is 5. The van der Waals surface area contributed by atoms with Gasteiger partial charge in [-0.25, -0.2) is 4.79 Å². The number of nitrogens with one attached hydrogen (secondary N) is 3. The maximum Gasteiger partial charge on any atom is 0.319 e. The highest BCUT2D eigenvalue weighted by Crippen LogP contribution is 2.31. The molecule has 2 aliphatic rings. The molecule has 0 bridgehead atoms. The molecule has 0 radical (unpaired) electrons. The summed E-state index contributed by atoms with van der Waals surface area (Å²) in [6, 6.07) is 13.5. The van der Waals surface area contributed by atoms with Gasteiger partial charge in [-0.1, -0.05) is 12.1 Å². The van der Waals surface area contributed by atoms with Gasteiger partial charge < -0.3 is 25.4 Å². The monoisotopic (exact) mass is 424 g/mol. The molecule has 1 saturated heterocycles. The molecule has 2 aromatic carbocycles. The Balaban J connectivity index is 1.28. The number of amides is 4. The van der Waals surface area contributed by atoms with E-state index in [1.54, 1.807) is 42.5 Å². The Kier molecular flexibility index (Phi) is 6.32. The highest BCUT2D eigenvalue weighted by Gasteiger charge is 2.27. The number of anilines is 3. The zero-order chi connectivity index (χ0) is 21.6. The Hall–Kier alpha value is -3.59. The molecule has 1 atom stereocenters. The van der Waals surface area contributed by atoms with Gasteiger partial charge in [-0.05, 0) is 49.2 Å². The molecule has 9 heteroatoms. The van der Waals surface area contributed by atoms with Crippen LogP contribution in [-0.2, 0) is 14.3 Å². The summed E-state index contributed by atoms with van der Waals surface area (Å²) >= 11 is 0. The van der Waals surface area contributed by atoms with Crippen molar-refractivity contribution in [1.82, 2.24) is 5.32 Å². The molecule has 3 N–H and O–H groups in total. The third-order valence-electron chi connectivity index (χ3n) is 5.05. The summed E-state index contributed by atoms with van der Waals surface area (Å²) < 4.78 is 10.9. The van der Waals surface area contributed by atoms with Crippen LogP contribution in [0.1, 0.15) is 12.8 Å². The summed E-state index contributed by atoms with van der Waals surface area (Å²) in [5, 5.41) is 8.29. The molecule has 31 heavy (non-hydrogen) atoms. The Labute approximate surface area is 179 Å². The second-order valence-electron chi connectivity index (χ2n) is 7.33. The Morgan fingerprint density at radius 2 is 1.77 bits per heavy atom. The van der Waals surface area contributed by atoms with Crippen molar-refractivity contribution in [2.45, 2.75) is 18.9 Å². The third kappa shape index (κ3) is 5.32. The molecule has 0 aliphatic carbocycles. The standard InChI is InChI=1S/C22H24N4O5/c27-20(13-26-18-5-1-2-6-19(18)31-14-21(26)28)24-15-7-9-16(10-8-15)25-22(29)23-12-17-4-3-11-30-17/h1-2,5-10,17H,3-4,11-14H2,(H,24,27)(H2,23,25,29). The number of fused-ring (bicyclic) bond motifs is 1. The van der Waals surface area contributed by atoms with Gasteiger partial charge in [-0.15, -0.1) is 0 Å². The van der Waals surface area contributed by atoms with Crippen LogP contribution in [0.15, 0.2) is 48.5 Å². The quantitative estimate of drug-likeness (QED) is 0.660. The number of carbonyl (C=O) groups excluding carboxylic acids is 3. The third-order valence-corrected chi connectivity index (χ3v) is 5.05. The van der Waals surface area contributed by atoms with E-state index in [2.05, 4.69) is 16.0 Å². The lowest BCUT2D eigenvalue weighted by atomic mass is 10.2. The van der Waals surface area contributed by atoms with E-state index >= 15 is 0 Å². The molecular weight excluding hydrogens is 400 g/mol. The molecule has 9 nitrogen and oxygen atoms in total. The minimum absolute atomic E-state index is 0.0775. The topological polar surface area (TPSA) is 109 Å². The molecule has 0 spiro atoms. The fraction of sp³-hybridized carbons (Fsp3) is 0.318.